The minimum absolute atomic E-state index is 0.492. The molecule has 1 fully saturated rings. The minimum Gasteiger partial charge on any atom is -0.306 e. The lowest BCUT2D eigenvalue weighted by atomic mass is 9.97. The Balaban J connectivity index is 1.92. The molecule has 4 nitrogen and oxygen atoms in total. The van der Waals surface area contributed by atoms with Crippen LogP contribution in [-0.2, 0) is 0 Å². The molecule has 0 bridgehead atoms. The summed E-state index contributed by atoms with van der Waals surface area (Å²) < 4.78 is 2.11. The molecular weight excluding hydrogens is 224 g/mol. The van der Waals surface area contributed by atoms with E-state index < -0.39 is 0 Å². The van der Waals surface area contributed by atoms with Gasteiger partial charge in [-0.3, -0.25) is 4.57 Å². The van der Waals surface area contributed by atoms with E-state index in [4.69, 9.17) is 0 Å². The van der Waals surface area contributed by atoms with E-state index in [0.717, 1.165) is 18.1 Å². The fourth-order valence-electron chi connectivity index (χ4n) is 2.69. The van der Waals surface area contributed by atoms with Crippen LogP contribution in [0.2, 0.25) is 0 Å². The first-order chi connectivity index (χ1) is 8.84. The minimum atomic E-state index is 0.492. The Morgan fingerprint density at radius 1 is 1.22 bits per heavy atom. The molecule has 0 radical (unpaired) electrons. The lowest BCUT2D eigenvalue weighted by Gasteiger charge is -2.29. The third-order valence-electron chi connectivity index (χ3n) is 3.60. The number of benzene rings is 1. The Kier molecular flexibility index (Phi) is 3.11. The summed E-state index contributed by atoms with van der Waals surface area (Å²) in [5, 5.41) is 8.43. The van der Waals surface area contributed by atoms with Crippen LogP contribution in [0.3, 0.4) is 0 Å². The van der Waals surface area contributed by atoms with Crippen LogP contribution in [0.25, 0.3) is 5.69 Å². The van der Waals surface area contributed by atoms with Crippen molar-refractivity contribution in [2.45, 2.75) is 18.8 Å². The molecule has 1 atom stereocenters. The van der Waals surface area contributed by atoms with Crippen LogP contribution in [0.1, 0.15) is 24.6 Å². The largest absolute Gasteiger partial charge is 0.306 e. The van der Waals surface area contributed by atoms with E-state index in [0.29, 0.717) is 5.92 Å². The second-order valence-electron chi connectivity index (χ2n) is 5.00. The van der Waals surface area contributed by atoms with E-state index in [1.807, 2.05) is 24.5 Å². The average Bonchev–Trinajstić information content (AvgIpc) is 2.89. The average molecular weight is 242 g/mol. The first kappa shape index (κ1) is 11.4. The Labute approximate surface area is 107 Å². The van der Waals surface area contributed by atoms with Crippen molar-refractivity contribution >= 4 is 0 Å². The van der Waals surface area contributed by atoms with Crippen molar-refractivity contribution in [1.29, 1.82) is 0 Å². The molecule has 3 rings (SSSR count). The first-order valence-electron chi connectivity index (χ1n) is 6.48. The molecule has 18 heavy (non-hydrogen) atoms. The topological polar surface area (TPSA) is 34.0 Å². The molecule has 0 saturated carbocycles. The van der Waals surface area contributed by atoms with Gasteiger partial charge in [0.2, 0.25) is 0 Å². The van der Waals surface area contributed by atoms with Crippen LogP contribution in [0.15, 0.2) is 36.7 Å². The van der Waals surface area contributed by atoms with E-state index in [1.54, 1.807) is 0 Å². The lowest BCUT2D eigenvalue weighted by Crippen LogP contribution is -2.32. The highest BCUT2D eigenvalue weighted by Crippen LogP contribution is 2.26. The van der Waals surface area contributed by atoms with E-state index in [9.17, 15) is 0 Å². The second kappa shape index (κ2) is 4.90. The number of hydrogen-bond donors (Lipinski definition) is 0. The van der Waals surface area contributed by atoms with Crippen LogP contribution >= 0.6 is 0 Å². The molecule has 1 saturated heterocycles. The number of likely N-dealkylation sites (N-methyl/N-ethyl adjacent to an activating group) is 1. The van der Waals surface area contributed by atoms with Crippen molar-refractivity contribution in [2.75, 3.05) is 20.1 Å². The predicted molar refractivity (Wildman–Crippen MR) is 70.8 cm³/mol. The van der Waals surface area contributed by atoms with Gasteiger partial charge in [-0.05, 0) is 38.6 Å². The maximum absolute atomic E-state index is 4.34. The van der Waals surface area contributed by atoms with Crippen molar-refractivity contribution in [1.82, 2.24) is 19.7 Å². The van der Waals surface area contributed by atoms with Crippen molar-refractivity contribution in [3.63, 3.8) is 0 Å². The maximum Gasteiger partial charge on any atom is 0.141 e. The van der Waals surface area contributed by atoms with E-state index >= 15 is 0 Å². The summed E-state index contributed by atoms with van der Waals surface area (Å²) in [5.41, 5.74) is 1.14. The molecule has 1 aromatic carbocycles. The maximum atomic E-state index is 4.34. The van der Waals surface area contributed by atoms with E-state index in [2.05, 4.69) is 38.8 Å². The number of rotatable bonds is 2. The predicted octanol–water partition coefficient (Wildman–Crippen LogP) is 2.08. The highest BCUT2D eigenvalue weighted by molar-refractivity contribution is 5.32. The van der Waals surface area contributed by atoms with Crippen LogP contribution in [0, 0.1) is 0 Å². The van der Waals surface area contributed by atoms with Gasteiger partial charge in [0.25, 0.3) is 0 Å². The summed E-state index contributed by atoms with van der Waals surface area (Å²) in [7, 11) is 2.18. The summed E-state index contributed by atoms with van der Waals surface area (Å²) in [6.07, 6.45) is 4.26. The molecule has 1 aliphatic heterocycles. The molecule has 1 aromatic heterocycles. The summed E-state index contributed by atoms with van der Waals surface area (Å²) >= 11 is 0. The van der Waals surface area contributed by atoms with Crippen molar-refractivity contribution in [2.24, 2.45) is 0 Å². The summed E-state index contributed by atoms with van der Waals surface area (Å²) in [5.74, 6) is 1.58. The zero-order valence-electron chi connectivity index (χ0n) is 10.7. The molecule has 1 aliphatic rings. The fourth-order valence-corrected chi connectivity index (χ4v) is 2.69. The SMILES string of the molecule is CN1CCCC(c2nncn2-c2ccccc2)C1. The van der Waals surface area contributed by atoms with E-state index in [-0.39, 0.29) is 0 Å². The Bertz CT molecular complexity index is 506. The lowest BCUT2D eigenvalue weighted by molar-refractivity contribution is 0.244. The van der Waals surface area contributed by atoms with Crippen molar-refractivity contribution < 1.29 is 0 Å². The number of hydrogen-bond acceptors (Lipinski definition) is 3. The van der Waals surface area contributed by atoms with Gasteiger partial charge < -0.3 is 4.90 Å². The number of nitrogens with zero attached hydrogens (tertiary/aromatic N) is 4. The summed E-state index contributed by atoms with van der Waals surface area (Å²) in [6, 6.07) is 10.3. The van der Waals surface area contributed by atoms with Gasteiger partial charge in [0, 0.05) is 18.2 Å². The number of piperidine rings is 1. The van der Waals surface area contributed by atoms with Gasteiger partial charge in [-0.2, -0.15) is 0 Å². The highest BCUT2D eigenvalue weighted by Gasteiger charge is 2.23. The zero-order chi connectivity index (χ0) is 12.4. The van der Waals surface area contributed by atoms with Gasteiger partial charge in [-0.15, -0.1) is 10.2 Å². The Morgan fingerprint density at radius 3 is 2.83 bits per heavy atom. The Hall–Kier alpha value is -1.68. The van der Waals surface area contributed by atoms with Gasteiger partial charge >= 0.3 is 0 Å². The number of para-hydroxylation sites is 1. The standard InChI is InChI=1S/C14H18N4/c1-17-9-5-6-12(10-17)14-16-15-11-18(14)13-7-3-2-4-8-13/h2-4,7-8,11-12H,5-6,9-10H2,1H3. The van der Waals surface area contributed by atoms with Gasteiger partial charge in [0.1, 0.15) is 12.2 Å². The van der Waals surface area contributed by atoms with Gasteiger partial charge in [0.15, 0.2) is 0 Å². The van der Waals surface area contributed by atoms with Gasteiger partial charge in [0.05, 0.1) is 0 Å². The third-order valence-corrected chi connectivity index (χ3v) is 3.60. The second-order valence-corrected chi connectivity index (χ2v) is 5.00. The van der Waals surface area contributed by atoms with Crippen LogP contribution in [0.5, 0.6) is 0 Å². The Morgan fingerprint density at radius 2 is 2.06 bits per heavy atom. The molecule has 0 spiro atoms. The smallest absolute Gasteiger partial charge is 0.141 e. The van der Waals surface area contributed by atoms with Crippen LogP contribution < -0.4 is 0 Å². The molecule has 1 unspecified atom stereocenters. The monoisotopic (exact) mass is 242 g/mol. The van der Waals surface area contributed by atoms with Crippen molar-refractivity contribution in [3.05, 3.63) is 42.5 Å². The van der Waals surface area contributed by atoms with Crippen molar-refractivity contribution in [3.8, 4) is 5.69 Å². The van der Waals surface area contributed by atoms with Gasteiger partial charge in [-0.1, -0.05) is 18.2 Å². The third kappa shape index (κ3) is 2.16. The highest BCUT2D eigenvalue weighted by atomic mass is 15.3. The molecule has 94 valence electrons. The molecule has 0 amide bonds. The number of likely N-dealkylation sites (tertiary alicyclic amines) is 1. The molecule has 2 aromatic rings. The normalized spacial score (nSPS) is 21.1. The fraction of sp³-hybridized carbons (Fsp3) is 0.429. The van der Waals surface area contributed by atoms with Crippen LogP contribution in [-0.4, -0.2) is 39.8 Å². The molecule has 2 heterocycles. The quantitative estimate of drug-likeness (QED) is 0.808. The molecular formula is C14H18N4. The summed E-state index contributed by atoms with van der Waals surface area (Å²) in [6.45, 7) is 2.27. The van der Waals surface area contributed by atoms with E-state index in [1.165, 1.54) is 19.4 Å². The molecule has 0 N–H and O–H groups in total. The zero-order valence-corrected chi connectivity index (χ0v) is 10.7. The van der Waals surface area contributed by atoms with Gasteiger partial charge in [-0.25, -0.2) is 0 Å². The summed E-state index contributed by atoms with van der Waals surface area (Å²) in [4.78, 5) is 2.37. The van der Waals surface area contributed by atoms with Crippen LogP contribution in [0.4, 0.5) is 0 Å². The molecule has 4 heteroatoms. The number of aromatic nitrogens is 3. The molecule has 0 aliphatic carbocycles. The first-order valence-corrected chi connectivity index (χ1v) is 6.48.